The first-order chi connectivity index (χ1) is 7.09. The number of aliphatic carboxylic acids is 1. The fourth-order valence-corrected chi connectivity index (χ4v) is 3.09. The highest BCUT2D eigenvalue weighted by molar-refractivity contribution is 7.99. The minimum Gasteiger partial charge on any atom is -0.480 e. The Morgan fingerprint density at radius 3 is 3.00 bits per heavy atom. The number of aryl methyl sites for hydroxylation is 2. The third-order valence-corrected chi connectivity index (χ3v) is 3.72. The normalized spacial score (nSPS) is 25.7. The smallest absolute Gasteiger partial charge is 0.321 e. The van der Waals surface area contributed by atoms with E-state index in [1.54, 1.807) is 22.6 Å². The fourth-order valence-electron chi connectivity index (χ4n) is 1.71. The van der Waals surface area contributed by atoms with Crippen LogP contribution in [0, 0.1) is 6.92 Å². The van der Waals surface area contributed by atoms with Crippen LogP contribution >= 0.6 is 11.8 Å². The van der Waals surface area contributed by atoms with Crippen molar-refractivity contribution in [2.75, 3.05) is 5.75 Å². The van der Waals surface area contributed by atoms with Crippen molar-refractivity contribution >= 4 is 17.7 Å². The molecule has 5 nitrogen and oxygen atoms in total. The minimum atomic E-state index is -0.787. The van der Waals surface area contributed by atoms with Gasteiger partial charge < -0.3 is 5.11 Å². The lowest BCUT2D eigenvalue weighted by Crippen LogP contribution is -2.34. The Hall–Kier alpha value is -1.01. The number of rotatable bonds is 2. The number of carbonyl (C=O) groups is 1. The minimum absolute atomic E-state index is 0.0404. The number of hydrogen-bond donors (Lipinski definition) is 2. The molecule has 6 heteroatoms. The van der Waals surface area contributed by atoms with E-state index in [1.807, 2.05) is 14.0 Å². The number of aromatic nitrogens is 2. The molecule has 0 aromatic carbocycles. The lowest BCUT2D eigenvalue weighted by Gasteiger charge is -2.12. The van der Waals surface area contributed by atoms with Crippen LogP contribution in [0.2, 0.25) is 0 Å². The molecule has 0 aliphatic carbocycles. The quantitative estimate of drug-likeness (QED) is 0.771. The van der Waals surface area contributed by atoms with Gasteiger partial charge in [-0.25, -0.2) is 0 Å². The molecule has 2 heterocycles. The van der Waals surface area contributed by atoms with Gasteiger partial charge in [0.1, 0.15) is 6.04 Å². The molecule has 1 aromatic heterocycles. The second kappa shape index (κ2) is 3.86. The van der Waals surface area contributed by atoms with E-state index in [9.17, 15) is 4.79 Å². The fraction of sp³-hybridized carbons (Fsp3) is 0.556. The van der Waals surface area contributed by atoms with Crippen LogP contribution in [-0.4, -0.2) is 32.7 Å². The van der Waals surface area contributed by atoms with E-state index in [-0.39, 0.29) is 5.37 Å². The lowest BCUT2D eigenvalue weighted by molar-refractivity contribution is -0.138. The Bertz CT molecular complexity index is 371. The van der Waals surface area contributed by atoms with Gasteiger partial charge in [-0.15, -0.1) is 11.8 Å². The van der Waals surface area contributed by atoms with E-state index in [0.717, 1.165) is 11.3 Å². The molecular weight excluding hydrogens is 214 g/mol. The van der Waals surface area contributed by atoms with Crippen LogP contribution in [0.25, 0.3) is 0 Å². The molecule has 2 rings (SSSR count). The summed E-state index contributed by atoms with van der Waals surface area (Å²) >= 11 is 1.61. The van der Waals surface area contributed by atoms with Crippen LogP contribution < -0.4 is 5.32 Å². The first kappa shape index (κ1) is 10.5. The number of carboxylic acids is 1. The van der Waals surface area contributed by atoms with E-state index in [2.05, 4.69) is 10.4 Å². The van der Waals surface area contributed by atoms with Gasteiger partial charge >= 0.3 is 5.97 Å². The molecule has 1 aromatic rings. The Morgan fingerprint density at radius 1 is 1.80 bits per heavy atom. The summed E-state index contributed by atoms with van der Waals surface area (Å²) in [6.07, 6.45) is 1.80. The molecule has 1 aliphatic rings. The largest absolute Gasteiger partial charge is 0.480 e. The second-order valence-electron chi connectivity index (χ2n) is 3.61. The van der Waals surface area contributed by atoms with E-state index in [4.69, 9.17) is 5.11 Å². The molecule has 1 fully saturated rings. The van der Waals surface area contributed by atoms with Gasteiger partial charge in [-0.2, -0.15) is 5.10 Å². The van der Waals surface area contributed by atoms with Gasteiger partial charge in [-0.3, -0.25) is 14.8 Å². The monoisotopic (exact) mass is 227 g/mol. The topological polar surface area (TPSA) is 67.2 Å². The number of carboxylic acid groups (broad SMARTS) is 1. The van der Waals surface area contributed by atoms with E-state index < -0.39 is 12.0 Å². The number of thioether (sulfide) groups is 1. The van der Waals surface area contributed by atoms with Crippen LogP contribution in [0.1, 0.15) is 16.6 Å². The Morgan fingerprint density at radius 2 is 2.53 bits per heavy atom. The van der Waals surface area contributed by atoms with Crippen molar-refractivity contribution < 1.29 is 9.90 Å². The van der Waals surface area contributed by atoms with Gasteiger partial charge in [-0.1, -0.05) is 0 Å². The molecule has 0 bridgehead atoms. The highest BCUT2D eigenvalue weighted by atomic mass is 32.2. The SMILES string of the molecule is Cc1cnn(C)c1C1NC(C(=O)O)CS1. The molecule has 2 N–H and O–H groups in total. The predicted molar refractivity (Wildman–Crippen MR) is 57.7 cm³/mol. The van der Waals surface area contributed by atoms with E-state index >= 15 is 0 Å². The number of nitrogens with zero attached hydrogens (tertiary/aromatic N) is 2. The average molecular weight is 227 g/mol. The molecule has 15 heavy (non-hydrogen) atoms. The molecule has 0 amide bonds. The van der Waals surface area contributed by atoms with Crippen molar-refractivity contribution in [2.45, 2.75) is 18.3 Å². The van der Waals surface area contributed by atoms with Crippen molar-refractivity contribution in [3.8, 4) is 0 Å². The molecule has 2 unspecified atom stereocenters. The summed E-state index contributed by atoms with van der Waals surface area (Å²) < 4.78 is 1.80. The van der Waals surface area contributed by atoms with Crippen molar-refractivity contribution in [1.82, 2.24) is 15.1 Å². The molecule has 82 valence electrons. The van der Waals surface area contributed by atoms with Crippen LogP contribution in [0.4, 0.5) is 0 Å². The van der Waals surface area contributed by atoms with Gasteiger partial charge in [0.2, 0.25) is 0 Å². The van der Waals surface area contributed by atoms with Gasteiger partial charge in [0.15, 0.2) is 0 Å². The van der Waals surface area contributed by atoms with Crippen molar-refractivity contribution in [3.63, 3.8) is 0 Å². The summed E-state index contributed by atoms with van der Waals surface area (Å²) in [5.74, 6) is -0.185. The summed E-state index contributed by atoms with van der Waals surface area (Å²) in [6, 6.07) is -0.450. The second-order valence-corrected chi connectivity index (χ2v) is 4.75. The Balaban J connectivity index is 2.17. The third-order valence-electron chi connectivity index (χ3n) is 2.51. The van der Waals surface area contributed by atoms with Gasteiger partial charge in [-0.05, 0) is 12.5 Å². The Kier molecular flexibility index (Phi) is 2.70. The zero-order valence-corrected chi connectivity index (χ0v) is 9.41. The van der Waals surface area contributed by atoms with Crippen LogP contribution in [0.3, 0.4) is 0 Å². The maximum atomic E-state index is 10.8. The maximum Gasteiger partial charge on any atom is 0.321 e. The van der Waals surface area contributed by atoms with Gasteiger partial charge in [0, 0.05) is 12.8 Å². The first-order valence-electron chi connectivity index (χ1n) is 4.68. The molecule has 0 radical (unpaired) electrons. The standard InChI is InChI=1S/C9H13N3O2S/c1-5-3-10-12(2)7(5)8-11-6(4-15-8)9(13)14/h3,6,8,11H,4H2,1-2H3,(H,13,14). The van der Waals surface area contributed by atoms with E-state index in [1.165, 1.54) is 0 Å². The Labute approximate surface area is 91.9 Å². The molecule has 1 aliphatic heterocycles. The van der Waals surface area contributed by atoms with Crippen molar-refractivity contribution in [3.05, 3.63) is 17.5 Å². The van der Waals surface area contributed by atoms with E-state index in [0.29, 0.717) is 5.75 Å². The molecule has 2 atom stereocenters. The number of hydrogen-bond acceptors (Lipinski definition) is 4. The van der Waals surface area contributed by atoms with Crippen LogP contribution in [0.5, 0.6) is 0 Å². The van der Waals surface area contributed by atoms with Gasteiger partial charge in [0.25, 0.3) is 0 Å². The summed E-state index contributed by atoms with van der Waals surface area (Å²) in [5.41, 5.74) is 2.15. The zero-order chi connectivity index (χ0) is 11.0. The van der Waals surface area contributed by atoms with Crippen LogP contribution in [-0.2, 0) is 11.8 Å². The summed E-state index contributed by atoms with van der Waals surface area (Å²) in [4.78, 5) is 10.8. The molecule has 0 saturated carbocycles. The zero-order valence-electron chi connectivity index (χ0n) is 8.60. The third kappa shape index (κ3) is 1.87. The van der Waals surface area contributed by atoms with Crippen molar-refractivity contribution in [1.29, 1.82) is 0 Å². The highest BCUT2D eigenvalue weighted by Crippen LogP contribution is 2.33. The van der Waals surface area contributed by atoms with Crippen molar-refractivity contribution in [2.24, 2.45) is 7.05 Å². The van der Waals surface area contributed by atoms with Crippen LogP contribution in [0.15, 0.2) is 6.20 Å². The average Bonchev–Trinajstić information content (AvgIpc) is 2.73. The highest BCUT2D eigenvalue weighted by Gasteiger charge is 2.32. The number of nitrogens with one attached hydrogen (secondary N) is 1. The summed E-state index contributed by atoms with van der Waals surface area (Å²) in [5, 5.41) is 16.1. The molecular formula is C9H13N3O2S. The predicted octanol–water partition coefficient (Wildman–Crippen LogP) is 0.517. The lowest BCUT2D eigenvalue weighted by atomic mass is 10.2. The first-order valence-corrected chi connectivity index (χ1v) is 5.73. The molecule has 1 saturated heterocycles. The maximum absolute atomic E-state index is 10.8. The summed E-state index contributed by atoms with van der Waals surface area (Å²) in [7, 11) is 1.87. The van der Waals surface area contributed by atoms with Gasteiger partial charge in [0.05, 0.1) is 17.3 Å². The molecule has 0 spiro atoms. The summed E-state index contributed by atoms with van der Waals surface area (Å²) in [6.45, 7) is 1.98.